The van der Waals surface area contributed by atoms with Gasteiger partial charge in [-0.3, -0.25) is 0 Å². The highest BCUT2D eigenvalue weighted by Gasteiger charge is 2.64. The van der Waals surface area contributed by atoms with E-state index in [0.717, 1.165) is 12.1 Å². The molecule has 0 fully saturated rings. The smallest absolute Gasteiger partial charge is 0.229 e. The Bertz CT molecular complexity index is 546. The second-order valence-electron chi connectivity index (χ2n) is 3.78. The van der Waals surface area contributed by atoms with Gasteiger partial charge in [0.05, 0.1) is 4.90 Å². The third-order valence-corrected chi connectivity index (χ3v) is 4.09. The minimum absolute atomic E-state index is 0.509. The highest BCUT2D eigenvalue weighted by molar-refractivity contribution is 7.92. The van der Waals surface area contributed by atoms with E-state index in [-0.39, 0.29) is 0 Å². The summed E-state index contributed by atoms with van der Waals surface area (Å²) in [5.41, 5.74) is 0.509. The zero-order chi connectivity index (χ0) is 15.1. The Balaban J connectivity index is 3.30. The number of benzene rings is 1. The van der Waals surface area contributed by atoms with Gasteiger partial charge in [-0.15, -0.1) is 0 Å². The molecule has 0 N–H and O–H groups in total. The van der Waals surface area contributed by atoms with Crippen molar-refractivity contribution in [3.8, 4) is 0 Å². The first-order chi connectivity index (χ1) is 8.40. The van der Waals surface area contributed by atoms with Gasteiger partial charge >= 0.3 is 11.4 Å². The van der Waals surface area contributed by atoms with Crippen LogP contribution in [0.2, 0.25) is 0 Å². The van der Waals surface area contributed by atoms with E-state index in [4.69, 9.17) is 0 Å². The molecular formula is C10H8F6O2S. The lowest BCUT2D eigenvalue weighted by Crippen LogP contribution is -2.47. The Hall–Kier alpha value is -1.25. The van der Waals surface area contributed by atoms with Gasteiger partial charge < -0.3 is 0 Å². The van der Waals surface area contributed by atoms with E-state index < -0.39 is 32.3 Å². The van der Waals surface area contributed by atoms with Crippen molar-refractivity contribution in [2.75, 3.05) is 0 Å². The van der Waals surface area contributed by atoms with Crippen molar-refractivity contribution in [1.82, 2.24) is 0 Å². The van der Waals surface area contributed by atoms with Gasteiger partial charge in [-0.2, -0.15) is 22.0 Å². The molecule has 0 aromatic heterocycles. The van der Waals surface area contributed by atoms with Gasteiger partial charge in [0.15, 0.2) is 0 Å². The summed E-state index contributed by atoms with van der Waals surface area (Å²) in [7, 11) is -5.77. The summed E-state index contributed by atoms with van der Waals surface area (Å²) in [5.74, 6) is 0. The summed E-state index contributed by atoms with van der Waals surface area (Å²) in [6.45, 7) is 1.52. The largest absolute Gasteiger partial charge is 0.426 e. The molecule has 0 aliphatic carbocycles. The second-order valence-corrected chi connectivity index (χ2v) is 5.81. The lowest BCUT2D eigenvalue weighted by atomic mass is 10.2. The molecule has 19 heavy (non-hydrogen) atoms. The van der Waals surface area contributed by atoms with E-state index in [1.54, 1.807) is 0 Å². The molecule has 0 aliphatic rings. The molecule has 0 saturated heterocycles. The maximum atomic E-state index is 13.2. The zero-order valence-corrected chi connectivity index (χ0v) is 10.2. The molecule has 0 aliphatic heterocycles. The molecule has 1 atom stereocenters. The van der Waals surface area contributed by atoms with Crippen LogP contribution in [0.1, 0.15) is 5.56 Å². The Labute approximate surface area is 105 Å². The van der Waals surface area contributed by atoms with Crippen LogP contribution in [0.3, 0.4) is 0 Å². The van der Waals surface area contributed by atoms with Crippen molar-refractivity contribution in [2.24, 2.45) is 0 Å². The van der Waals surface area contributed by atoms with Crippen LogP contribution in [-0.2, 0) is 9.84 Å². The summed E-state index contributed by atoms with van der Waals surface area (Å²) in [5, 5.41) is -5.58. The van der Waals surface area contributed by atoms with Crippen LogP contribution in [0.15, 0.2) is 29.2 Å². The Morgan fingerprint density at radius 3 is 1.79 bits per heavy atom. The van der Waals surface area contributed by atoms with Crippen molar-refractivity contribution in [3.05, 3.63) is 29.8 Å². The quantitative estimate of drug-likeness (QED) is 0.803. The maximum Gasteiger partial charge on any atom is 0.426 e. The van der Waals surface area contributed by atoms with Gasteiger partial charge in [0.1, 0.15) is 0 Å². The van der Waals surface area contributed by atoms with Crippen molar-refractivity contribution < 1.29 is 34.8 Å². The third-order valence-electron chi connectivity index (χ3n) is 2.27. The third kappa shape index (κ3) is 2.85. The van der Waals surface area contributed by atoms with E-state index in [9.17, 15) is 34.8 Å². The van der Waals surface area contributed by atoms with Gasteiger partial charge in [-0.1, -0.05) is 17.7 Å². The molecule has 2 nitrogen and oxygen atoms in total. The van der Waals surface area contributed by atoms with Crippen LogP contribution in [0, 0.1) is 6.92 Å². The molecule has 1 aromatic carbocycles. The lowest BCUT2D eigenvalue weighted by Gasteiger charge is -2.22. The Morgan fingerprint density at radius 2 is 1.42 bits per heavy atom. The lowest BCUT2D eigenvalue weighted by molar-refractivity contribution is -0.221. The highest BCUT2D eigenvalue weighted by Crippen LogP contribution is 2.41. The normalized spacial score (nSPS) is 15.3. The number of hydrogen-bond donors (Lipinski definition) is 0. The first kappa shape index (κ1) is 15.8. The molecule has 1 unspecified atom stereocenters. The van der Waals surface area contributed by atoms with Crippen molar-refractivity contribution >= 4 is 9.84 Å². The van der Waals surface area contributed by atoms with Gasteiger partial charge in [0.25, 0.3) is 6.17 Å². The van der Waals surface area contributed by atoms with Crippen LogP contribution >= 0.6 is 0 Å². The first-order valence-corrected chi connectivity index (χ1v) is 6.29. The van der Waals surface area contributed by atoms with E-state index in [2.05, 4.69) is 0 Å². The molecule has 0 spiro atoms. The molecule has 9 heteroatoms. The minimum atomic E-state index is -5.97. The molecule has 0 saturated carbocycles. The first-order valence-electron chi connectivity index (χ1n) is 4.80. The standard InChI is InChI=1S/C10H8F6O2S/c1-6-2-4-7(5-3-6)19(17,18)10(15,16)8(11)9(12,13)14/h2-5,8H,1H3. The monoisotopic (exact) mass is 306 g/mol. The summed E-state index contributed by atoms with van der Waals surface area (Å²) in [4.78, 5) is -1.07. The van der Waals surface area contributed by atoms with Crippen molar-refractivity contribution in [1.29, 1.82) is 0 Å². The van der Waals surface area contributed by atoms with Crippen LogP contribution < -0.4 is 0 Å². The minimum Gasteiger partial charge on any atom is -0.229 e. The molecule has 1 aromatic rings. The average Bonchev–Trinajstić information content (AvgIpc) is 2.27. The Kier molecular flexibility index (Phi) is 3.91. The number of halogens is 6. The second kappa shape index (κ2) is 4.69. The van der Waals surface area contributed by atoms with Gasteiger partial charge in [-0.25, -0.2) is 12.8 Å². The van der Waals surface area contributed by atoms with E-state index in [1.807, 2.05) is 0 Å². The summed E-state index contributed by atoms with van der Waals surface area (Å²) in [6.07, 6.45) is -10.8. The van der Waals surface area contributed by atoms with Crippen LogP contribution in [-0.4, -0.2) is 26.0 Å². The molecule has 0 heterocycles. The predicted octanol–water partition coefficient (Wildman–Crippen LogP) is 3.26. The predicted molar refractivity (Wildman–Crippen MR) is 54.3 cm³/mol. The molecule has 108 valence electrons. The van der Waals surface area contributed by atoms with E-state index in [0.29, 0.717) is 17.7 Å². The molecule has 0 radical (unpaired) electrons. The van der Waals surface area contributed by atoms with Crippen molar-refractivity contribution in [3.63, 3.8) is 0 Å². The number of rotatable bonds is 3. The van der Waals surface area contributed by atoms with E-state index in [1.165, 1.54) is 6.92 Å². The number of hydrogen-bond acceptors (Lipinski definition) is 2. The number of alkyl halides is 6. The molecule has 0 amide bonds. The fourth-order valence-corrected chi connectivity index (χ4v) is 2.42. The summed E-state index contributed by atoms with van der Waals surface area (Å²) in [6, 6.07) is 3.62. The van der Waals surface area contributed by atoms with Crippen LogP contribution in [0.5, 0.6) is 0 Å². The highest BCUT2D eigenvalue weighted by atomic mass is 32.2. The Morgan fingerprint density at radius 1 is 1.00 bits per heavy atom. The average molecular weight is 306 g/mol. The fourth-order valence-electron chi connectivity index (χ4n) is 1.20. The van der Waals surface area contributed by atoms with Crippen molar-refractivity contribution in [2.45, 2.75) is 29.4 Å². The van der Waals surface area contributed by atoms with E-state index >= 15 is 0 Å². The summed E-state index contributed by atoms with van der Waals surface area (Å²) < 4.78 is 97.6. The van der Waals surface area contributed by atoms with Crippen LogP contribution in [0.25, 0.3) is 0 Å². The molecular weight excluding hydrogens is 298 g/mol. The SMILES string of the molecule is Cc1ccc(S(=O)(=O)C(F)(F)C(F)C(F)(F)F)cc1. The molecule has 1 rings (SSSR count). The van der Waals surface area contributed by atoms with Gasteiger partial charge in [0, 0.05) is 0 Å². The van der Waals surface area contributed by atoms with Gasteiger partial charge in [-0.05, 0) is 19.1 Å². The topological polar surface area (TPSA) is 34.1 Å². The van der Waals surface area contributed by atoms with Gasteiger partial charge in [0.2, 0.25) is 9.84 Å². The maximum absolute atomic E-state index is 13.2. The number of aryl methyl sites for hydroxylation is 1. The van der Waals surface area contributed by atoms with Crippen LogP contribution in [0.4, 0.5) is 26.3 Å². The molecule has 0 bridgehead atoms. The summed E-state index contributed by atoms with van der Waals surface area (Å²) >= 11 is 0. The zero-order valence-electron chi connectivity index (χ0n) is 9.38. The fraction of sp³-hybridized carbons (Fsp3) is 0.400. The number of sulfone groups is 1.